The predicted octanol–water partition coefficient (Wildman–Crippen LogP) is 6.25. The van der Waals surface area contributed by atoms with Crippen molar-refractivity contribution in [1.82, 2.24) is 0 Å². The zero-order chi connectivity index (χ0) is 17.6. The lowest BCUT2D eigenvalue weighted by Gasteiger charge is -2.08. The van der Waals surface area contributed by atoms with Crippen LogP contribution in [-0.2, 0) is 0 Å². The molecule has 0 atom stereocenters. The van der Waals surface area contributed by atoms with Gasteiger partial charge in [-0.2, -0.15) is 0 Å². The first-order valence-corrected chi connectivity index (χ1v) is 7.78. The molecule has 3 aromatic rings. The van der Waals surface area contributed by atoms with Crippen molar-refractivity contribution >= 4 is 11.6 Å². The molecule has 0 amide bonds. The Kier molecular flexibility index (Phi) is 5.14. The van der Waals surface area contributed by atoms with Crippen LogP contribution in [-0.4, -0.2) is 0 Å². The molecule has 0 aliphatic carbocycles. The van der Waals surface area contributed by atoms with Gasteiger partial charge in [-0.15, -0.1) is 0 Å². The van der Waals surface area contributed by atoms with Crippen LogP contribution in [0.2, 0.25) is 0 Å². The molecule has 0 aliphatic rings. The maximum atomic E-state index is 13.2. The molecule has 0 heterocycles. The van der Waals surface area contributed by atoms with Crippen molar-refractivity contribution in [2.24, 2.45) is 0 Å². The summed E-state index contributed by atoms with van der Waals surface area (Å²) in [6.45, 7) is 0. The molecule has 0 fully saturated rings. The van der Waals surface area contributed by atoms with Crippen LogP contribution in [0.4, 0.5) is 13.2 Å². The van der Waals surface area contributed by atoms with Crippen molar-refractivity contribution in [1.29, 1.82) is 0 Å². The van der Waals surface area contributed by atoms with E-state index in [4.69, 9.17) is 0 Å². The first-order chi connectivity index (χ1) is 12.1. The molecule has 3 heteroatoms. The van der Waals surface area contributed by atoms with E-state index < -0.39 is 0 Å². The fourth-order valence-corrected chi connectivity index (χ4v) is 2.45. The molecule has 3 rings (SSSR count). The lowest BCUT2D eigenvalue weighted by atomic mass is 9.97. The van der Waals surface area contributed by atoms with Crippen LogP contribution in [0.1, 0.15) is 16.7 Å². The van der Waals surface area contributed by atoms with Crippen LogP contribution in [0, 0.1) is 17.5 Å². The van der Waals surface area contributed by atoms with Crippen LogP contribution in [0.5, 0.6) is 0 Å². The molecule has 0 nitrogen and oxygen atoms in total. The maximum Gasteiger partial charge on any atom is 0.123 e. The highest BCUT2D eigenvalue weighted by molar-refractivity contribution is 5.81. The molecule has 0 saturated heterocycles. The summed E-state index contributed by atoms with van der Waals surface area (Å²) >= 11 is 0. The first-order valence-electron chi connectivity index (χ1n) is 7.78. The van der Waals surface area contributed by atoms with Gasteiger partial charge in [0.1, 0.15) is 17.5 Å². The fraction of sp³-hybridized carbons (Fsp3) is 0. The van der Waals surface area contributed by atoms with Gasteiger partial charge < -0.3 is 0 Å². The van der Waals surface area contributed by atoms with Gasteiger partial charge in [0.05, 0.1) is 0 Å². The molecule has 25 heavy (non-hydrogen) atoms. The topological polar surface area (TPSA) is 0 Å². The molecule has 0 saturated carbocycles. The van der Waals surface area contributed by atoms with Crippen molar-refractivity contribution in [2.45, 2.75) is 0 Å². The molecular weight excluding hydrogens is 321 g/mol. The molecule has 0 aliphatic heterocycles. The van der Waals surface area contributed by atoms with E-state index in [0.717, 1.165) is 22.3 Å². The zero-order valence-electron chi connectivity index (χ0n) is 13.3. The minimum atomic E-state index is -0.316. The highest BCUT2D eigenvalue weighted by atomic mass is 19.1. The Morgan fingerprint density at radius 3 is 1.40 bits per heavy atom. The number of benzene rings is 3. The number of halogens is 3. The smallest absolute Gasteiger partial charge is 0.123 e. The van der Waals surface area contributed by atoms with Gasteiger partial charge in [-0.05, 0) is 58.7 Å². The van der Waals surface area contributed by atoms with Gasteiger partial charge >= 0.3 is 0 Å². The summed E-state index contributed by atoms with van der Waals surface area (Å²) in [6, 6.07) is 18.4. The van der Waals surface area contributed by atoms with Crippen LogP contribution in [0.25, 0.3) is 11.6 Å². The van der Waals surface area contributed by atoms with Crippen LogP contribution in [0.3, 0.4) is 0 Å². The molecular formula is C22H15F3. The zero-order valence-corrected chi connectivity index (χ0v) is 13.3. The second-order valence-corrected chi connectivity index (χ2v) is 5.50. The van der Waals surface area contributed by atoms with E-state index in [9.17, 15) is 13.2 Å². The minimum Gasteiger partial charge on any atom is -0.207 e. The predicted molar refractivity (Wildman–Crippen MR) is 95.3 cm³/mol. The highest BCUT2D eigenvalue weighted by Gasteiger charge is 2.05. The van der Waals surface area contributed by atoms with E-state index in [1.807, 2.05) is 18.2 Å². The third-order valence-electron chi connectivity index (χ3n) is 3.73. The number of rotatable bonds is 4. The average Bonchev–Trinajstić information content (AvgIpc) is 2.62. The number of hydrogen-bond acceptors (Lipinski definition) is 0. The van der Waals surface area contributed by atoms with Gasteiger partial charge in [-0.3, -0.25) is 0 Å². The van der Waals surface area contributed by atoms with E-state index in [0.29, 0.717) is 0 Å². The minimum absolute atomic E-state index is 0.286. The fourth-order valence-electron chi connectivity index (χ4n) is 2.45. The average molecular weight is 336 g/mol. The third-order valence-corrected chi connectivity index (χ3v) is 3.73. The van der Waals surface area contributed by atoms with E-state index in [1.165, 1.54) is 36.4 Å². The summed E-state index contributed by atoms with van der Waals surface area (Å²) in [6.07, 6.45) is 5.53. The largest absolute Gasteiger partial charge is 0.207 e. The Morgan fingerprint density at radius 1 is 0.560 bits per heavy atom. The van der Waals surface area contributed by atoms with Crippen LogP contribution < -0.4 is 0 Å². The maximum absolute atomic E-state index is 13.2. The number of allylic oxidation sites excluding steroid dienone is 2. The second-order valence-electron chi connectivity index (χ2n) is 5.50. The highest BCUT2D eigenvalue weighted by Crippen LogP contribution is 2.24. The van der Waals surface area contributed by atoms with E-state index in [-0.39, 0.29) is 17.5 Å². The van der Waals surface area contributed by atoms with E-state index >= 15 is 0 Å². The van der Waals surface area contributed by atoms with Crippen LogP contribution >= 0.6 is 0 Å². The summed E-state index contributed by atoms with van der Waals surface area (Å²) in [5.41, 5.74) is 3.32. The molecule has 0 N–H and O–H groups in total. The molecule has 0 radical (unpaired) electrons. The van der Waals surface area contributed by atoms with Gasteiger partial charge in [0.25, 0.3) is 0 Å². The van der Waals surface area contributed by atoms with Crippen molar-refractivity contribution in [3.05, 3.63) is 119 Å². The summed E-state index contributed by atoms with van der Waals surface area (Å²) < 4.78 is 39.3. The number of hydrogen-bond donors (Lipinski definition) is 0. The van der Waals surface area contributed by atoms with E-state index in [1.54, 1.807) is 36.4 Å². The molecule has 0 bridgehead atoms. The Hall–Kier alpha value is -3.07. The molecule has 0 aromatic heterocycles. The lowest BCUT2D eigenvalue weighted by Crippen LogP contribution is -1.89. The standard InChI is InChI=1S/C22H15F3/c23-19-10-4-16(5-11-19)2-1-3-22(17-6-12-20(24)13-7-17)18-8-14-21(25)15-9-18/h1-15H/b2-1+. The summed E-state index contributed by atoms with van der Waals surface area (Å²) in [7, 11) is 0. The third kappa shape index (κ3) is 4.48. The quantitative estimate of drug-likeness (QED) is 0.494. The lowest BCUT2D eigenvalue weighted by molar-refractivity contribution is 0.627. The second kappa shape index (κ2) is 7.67. The van der Waals surface area contributed by atoms with Crippen molar-refractivity contribution in [3.8, 4) is 0 Å². The summed E-state index contributed by atoms with van der Waals surface area (Å²) in [4.78, 5) is 0. The molecule has 3 aromatic carbocycles. The SMILES string of the molecule is Fc1ccc(/C=C/C=C(c2ccc(F)cc2)c2ccc(F)cc2)cc1. The van der Waals surface area contributed by atoms with Gasteiger partial charge in [0.2, 0.25) is 0 Å². The Morgan fingerprint density at radius 2 is 0.960 bits per heavy atom. The first kappa shape index (κ1) is 16.8. The normalized spacial score (nSPS) is 10.8. The van der Waals surface area contributed by atoms with Crippen molar-refractivity contribution < 1.29 is 13.2 Å². The molecule has 124 valence electrons. The summed E-state index contributed by atoms with van der Waals surface area (Å²) in [5.74, 6) is -0.917. The monoisotopic (exact) mass is 336 g/mol. The Labute approximate surface area is 144 Å². The summed E-state index contributed by atoms with van der Waals surface area (Å²) in [5, 5.41) is 0. The Balaban J connectivity index is 1.96. The van der Waals surface area contributed by atoms with Gasteiger partial charge in [-0.25, -0.2) is 13.2 Å². The Bertz CT molecular complexity index is 840. The van der Waals surface area contributed by atoms with Crippen molar-refractivity contribution in [3.63, 3.8) is 0 Å². The van der Waals surface area contributed by atoms with Crippen molar-refractivity contribution in [2.75, 3.05) is 0 Å². The molecule has 0 unspecified atom stereocenters. The van der Waals surface area contributed by atoms with Gasteiger partial charge in [0, 0.05) is 0 Å². The molecule has 0 spiro atoms. The van der Waals surface area contributed by atoms with E-state index in [2.05, 4.69) is 0 Å². The van der Waals surface area contributed by atoms with Crippen LogP contribution in [0.15, 0.2) is 84.9 Å². The van der Waals surface area contributed by atoms with Gasteiger partial charge in [0.15, 0.2) is 0 Å². The van der Waals surface area contributed by atoms with Gasteiger partial charge in [-0.1, -0.05) is 54.6 Å².